The largest absolute Gasteiger partial charge is 0.383 e. The van der Waals surface area contributed by atoms with Gasteiger partial charge in [-0.25, -0.2) is 4.98 Å². The Bertz CT molecular complexity index is 526. The van der Waals surface area contributed by atoms with Crippen LogP contribution in [0.3, 0.4) is 0 Å². The third-order valence-corrected chi connectivity index (χ3v) is 2.30. The monoisotopic (exact) mass is 253 g/mol. The summed E-state index contributed by atoms with van der Waals surface area (Å²) in [5.41, 5.74) is 13.0. The van der Waals surface area contributed by atoms with Crippen LogP contribution in [0.2, 0.25) is 0 Å². The molecule has 0 aliphatic carbocycles. The molecule has 17 heavy (non-hydrogen) atoms. The zero-order chi connectivity index (χ0) is 11.7. The lowest BCUT2D eigenvalue weighted by Gasteiger charge is -2.06. The van der Waals surface area contributed by atoms with E-state index in [4.69, 9.17) is 11.5 Å². The molecule has 0 fully saturated rings. The van der Waals surface area contributed by atoms with Crippen molar-refractivity contribution < 1.29 is 0 Å². The molecule has 2 heterocycles. The van der Waals surface area contributed by atoms with Gasteiger partial charge >= 0.3 is 0 Å². The molecule has 2 rings (SSSR count). The van der Waals surface area contributed by atoms with E-state index in [0.717, 1.165) is 17.4 Å². The molecule has 0 radical (unpaired) electrons. The molecule has 2 aromatic rings. The summed E-state index contributed by atoms with van der Waals surface area (Å²) >= 11 is 0. The summed E-state index contributed by atoms with van der Waals surface area (Å²) in [5, 5.41) is 0.771. The lowest BCUT2D eigenvalue weighted by Crippen LogP contribution is -2.03. The van der Waals surface area contributed by atoms with Crippen molar-refractivity contribution in [1.82, 2.24) is 15.0 Å². The van der Waals surface area contributed by atoms with E-state index in [1.54, 1.807) is 0 Å². The van der Waals surface area contributed by atoms with Crippen molar-refractivity contribution in [3.63, 3.8) is 0 Å². The van der Waals surface area contributed by atoms with Crippen LogP contribution in [0.1, 0.15) is 19.4 Å². The van der Waals surface area contributed by atoms with Crippen LogP contribution >= 0.6 is 12.4 Å². The standard InChI is InChI=1S/C11H15N5.ClH/c1-6(2)3-7-4-8-9(12)15-11(13)16-10(8)14-5-7;/h4-6H,3H2,1-2H3,(H4,12,13,14,15,16);1H. The minimum absolute atomic E-state index is 0. The molecule has 0 unspecified atom stereocenters. The zero-order valence-electron chi connectivity index (χ0n) is 9.84. The number of pyridine rings is 1. The second-order valence-corrected chi connectivity index (χ2v) is 4.28. The molecule has 2 aromatic heterocycles. The average molecular weight is 254 g/mol. The van der Waals surface area contributed by atoms with E-state index in [1.165, 1.54) is 0 Å². The minimum Gasteiger partial charge on any atom is -0.383 e. The van der Waals surface area contributed by atoms with Gasteiger partial charge in [-0.1, -0.05) is 13.8 Å². The Morgan fingerprint density at radius 3 is 2.59 bits per heavy atom. The van der Waals surface area contributed by atoms with Crippen LogP contribution in [0.4, 0.5) is 11.8 Å². The highest BCUT2D eigenvalue weighted by Crippen LogP contribution is 2.19. The van der Waals surface area contributed by atoms with Crippen molar-refractivity contribution in [2.75, 3.05) is 11.5 Å². The Labute approximate surface area is 106 Å². The van der Waals surface area contributed by atoms with Crippen LogP contribution in [-0.4, -0.2) is 15.0 Å². The molecule has 0 spiro atoms. The number of nitrogens with zero attached hydrogens (tertiary/aromatic N) is 3. The molecule has 0 amide bonds. The van der Waals surface area contributed by atoms with Gasteiger partial charge in [0.05, 0.1) is 5.39 Å². The Kier molecular flexibility index (Phi) is 4.07. The summed E-state index contributed by atoms with van der Waals surface area (Å²) in [5.74, 6) is 1.13. The van der Waals surface area contributed by atoms with Crippen molar-refractivity contribution in [1.29, 1.82) is 0 Å². The van der Waals surface area contributed by atoms with Crippen LogP contribution in [0.15, 0.2) is 12.3 Å². The third-order valence-electron chi connectivity index (χ3n) is 2.30. The maximum atomic E-state index is 5.79. The Balaban J connectivity index is 0.00000144. The van der Waals surface area contributed by atoms with E-state index in [9.17, 15) is 0 Å². The van der Waals surface area contributed by atoms with Crippen LogP contribution in [0.25, 0.3) is 11.0 Å². The predicted molar refractivity (Wildman–Crippen MR) is 71.9 cm³/mol. The molecule has 4 N–H and O–H groups in total. The van der Waals surface area contributed by atoms with E-state index in [1.807, 2.05) is 12.3 Å². The van der Waals surface area contributed by atoms with Crippen LogP contribution in [0, 0.1) is 5.92 Å². The fourth-order valence-corrected chi connectivity index (χ4v) is 1.68. The molecule has 0 aromatic carbocycles. The van der Waals surface area contributed by atoms with Gasteiger partial charge in [-0.3, -0.25) is 0 Å². The van der Waals surface area contributed by atoms with Gasteiger partial charge < -0.3 is 11.5 Å². The Morgan fingerprint density at radius 2 is 1.94 bits per heavy atom. The van der Waals surface area contributed by atoms with Crippen molar-refractivity contribution in [2.24, 2.45) is 5.92 Å². The van der Waals surface area contributed by atoms with Crippen molar-refractivity contribution in [3.05, 3.63) is 17.8 Å². The minimum atomic E-state index is 0. The Hall–Kier alpha value is -1.62. The van der Waals surface area contributed by atoms with E-state index in [0.29, 0.717) is 17.4 Å². The second-order valence-electron chi connectivity index (χ2n) is 4.28. The highest BCUT2D eigenvalue weighted by Gasteiger charge is 2.06. The highest BCUT2D eigenvalue weighted by atomic mass is 35.5. The molecule has 0 saturated heterocycles. The van der Waals surface area contributed by atoms with E-state index in [2.05, 4.69) is 28.8 Å². The van der Waals surface area contributed by atoms with Gasteiger partial charge in [0.25, 0.3) is 0 Å². The molecular formula is C11H16ClN5. The first-order valence-electron chi connectivity index (χ1n) is 5.24. The van der Waals surface area contributed by atoms with Crippen LogP contribution < -0.4 is 11.5 Å². The summed E-state index contributed by atoms with van der Waals surface area (Å²) < 4.78 is 0. The smallest absolute Gasteiger partial charge is 0.224 e. The number of nitrogen functional groups attached to an aromatic ring is 2. The Morgan fingerprint density at radius 1 is 1.24 bits per heavy atom. The van der Waals surface area contributed by atoms with Gasteiger partial charge in [-0.05, 0) is 24.0 Å². The van der Waals surface area contributed by atoms with Crippen LogP contribution in [0.5, 0.6) is 0 Å². The number of nitrogens with two attached hydrogens (primary N) is 2. The van der Waals surface area contributed by atoms with Crippen LogP contribution in [-0.2, 0) is 6.42 Å². The fraction of sp³-hybridized carbons (Fsp3) is 0.364. The molecule has 0 saturated carbocycles. The quantitative estimate of drug-likeness (QED) is 0.852. The number of fused-ring (bicyclic) bond motifs is 1. The molecule has 92 valence electrons. The molecule has 0 aliphatic heterocycles. The van der Waals surface area contributed by atoms with E-state index in [-0.39, 0.29) is 18.4 Å². The number of rotatable bonds is 2. The zero-order valence-corrected chi connectivity index (χ0v) is 10.7. The second kappa shape index (κ2) is 5.14. The number of hydrogen-bond acceptors (Lipinski definition) is 5. The van der Waals surface area contributed by atoms with Gasteiger partial charge in [0.2, 0.25) is 5.95 Å². The molecule has 0 atom stereocenters. The van der Waals surface area contributed by atoms with Gasteiger partial charge in [-0.2, -0.15) is 9.97 Å². The molecule has 5 nitrogen and oxygen atoms in total. The van der Waals surface area contributed by atoms with Crippen molar-refractivity contribution in [3.8, 4) is 0 Å². The fourth-order valence-electron chi connectivity index (χ4n) is 1.68. The highest BCUT2D eigenvalue weighted by molar-refractivity contribution is 5.86. The molecule has 6 heteroatoms. The van der Waals surface area contributed by atoms with Gasteiger partial charge in [0.1, 0.15) is 5.82 Å². The molecular weight excluding hydrogens is 238 g/mol. The molecule has 0 bridgehead atoms. The maximum Gasteiger partial charge on any atom is 0.224 e. The lowest BCUT2D eigenvalue weighted by molar-refractivity contribution is 0.646. The van der Waals surface area contributed by atoms with Crippen molar-refractivity contribution in [2.45, 2.75) is 20.3 Å². The number of hydrogen-bond donors (Lipinski definition) is 2. The first-order chi connectivity index (χ1) is 7.56. The first kappa shape index (κ1) is 13.4. The number of anilines is 2. The predicted octanol–water partition coefficient (Wildman–Crippen LogP) is 1.81. The average Bonchev–Trinajstić information content (AvgIpc) is 2.18. The van der Waals surface area contributed by atoms with E-state index >= 15 is 0 Å². The van der Waals surface area contributed by atoms with Gasteiger partial charge in [-0.15, -0.1) is 12.4 Å². The number of halogens is 1. The summed E-state index contributed by atoms with van der Waals surface area (Å²) in [4.78, 5) is 12.2. The molecule has 0 aliphatic rings. The summed E-state index contributed by atoms with van der Waals surface area (Å²) in [6.07, 6.45) is 2.78. The summed E-state index contributed by atoms with van der Waals surface area (Å²) in [6.45, 7) is 4.32. The number of aromatic nitrogens is 3. The maximum absolute atomic E-state index is 5.79. The first-order valence-corrected chi connectivity index (χ1v) is 5.24. The van der Waals surface area contributed by atoms with E-state index < -0.39 is 0 Å². The van der Waals surface area contributed by atoms with Crippen molar-refractivity contribution >= 4 is 35.2 Å². The lowest BCUT2D eigenvalue weighted by atomic mass is 10.0. The third kappa shape index (κ3) is 2.94. The van der Waals surface area contributed by atoms with Gasteiger partial charge in [0.15, 0.2) is 5.65 Å². The summed E-state index contributed by atoms with van der Waals surface area (Å²) in [6, 6.07) is 1.98. The summed E-state index contributed by atoms with van der Waals surface area (Å²) in [7, 11) is 0. The normalized spacial score (nSPS) is 10.5. The SMILES string of the molecule is CC(C)Cc1cnc2nc(N)nc(N)c2c1.Cl. The van der Waals surface area contributed by atoms with Gasteiger partial charge in [0, 0.05) is 6.20 Å². The topological polar surface area (TPSA) is 90.7 Å².